The number of carbonyl (C=O) groups excluding carboxylic acids is 1. The number of hydrogen-bond donors (Lipinski definition) is 2. The van der Waals surface area contributed by atoms with Crippen molar-refractivity contribution in [2.24, 2.45) is 0 Å². The number of ether oxygens (including phenoxy) is 1. The van der Waals surface area contributed by atoms with Crippen LogP contribution in [0.1, 0.15) is 33.2 Å². The van der Waals surface area contributed by atoms with Crippen molar-refractivity contribution in [3.05, 3.63) is 70.8 Å². The molecule has 0 fully saturated rings. The van der Waals surface area contributed by atoms with Crippen LogP contribution in [0.2, 0.25) is 0 Å². The summed E-state index contributed by atoms with van der Waals surface area (Å²) < 4.78 is 35.8. The number of halogens is 2. The largest absolute Gasteiger partial charge is 0.497 e. The quantitative estimate of drug-likeness (QED) is 0.830. The van der Waals surface area contributed by atoms with E-state index in [-0.39, 0.29) is 12.4 Å². The summed E-state index contributed by atoms with van der Waals surface area (Å²) in [5.41, 5.74) is 5.29. The van der Waals surface area contributed by atoms with E-state index in [1.54, 1.807) is 31.2 Å². The first kappa shape index (κ1) is 19.0. The second-order valence-corrected chi connectivity index (χ2v) is 7.19. The maximum absolute atomic E-state index is 16.5. The van der Waals surface area contributed by atoms with E-state index >= 15 is 4.39 Å². The van der Waals surface area contributed by atoms with Crippen molar-refractivity contribution in [3.63, 3.8) is 0 Å². The molecule has 2 aliphatic rings. The van der Waals surface area contributed by atoms with E-state index in [0.29, 0.717) is 28.3 Å². The minimum atomic E-state index is -2.08. The van der Waals surface area contributed by atoms with Crippen LogP contribution in [0.25, 0.3) is 0 Å². The third-order valence-corrected chi connectivity index (χ3v) is 5.40. The van der Waals surface area contributed by atoms with Crippen molar-refractivity contribution >= 4 is 11.9 Å². The van der Waals surface area contributed by atoms with Gasteiger partial charge in [0.15, 0.2) is 5.67 Å². The second-order valence-electron chi connectivity index (χ2n) is 7.19. The highest BCUT2D eigenvalue weighted by atomic mass is 19.1. The van der Waals surface area contributed by atoms with Crippen LogP contribution in [0.3, 0.4) is 0 Å². The van der Waals surface area contributed by atoms with Gasteiger partial charge in [-0.2, -0.15) is 0 Å². The zero-order chi connectivity index (χ0) is 20.8. The van der Waals surface area contributed by atoms with Gasteiger partial charge in [0.1, 0.15) is 11.6 Å². The Kier molecular flexibility index (Phi) is 4.56. The minimum absolute atomic E-state index is 0.0251. The van der Waals surface area contributed by atoms with E-state index in [0.717, 1.165) is 6.08 Å². The number of nitrogens with one attached hydrogen (secondary N) is 1. The Morgan fingerprint density at radius 1 is 1.34 bits per heavy atom. The summed E-state index contributed by atoms with van der Waals surface area (Å²) in [6, 6.07) is 5.83. The third-order valence-electron chi connectivity index (χ3n) is 5.40. The summed E-state index contributed by atoms with van der Waals surface area (Å²) in [5.74, 6) is -1.43. The van der Waals surface area contributed by atoms with Crippen LogP contribution in [0.5, 0.6) is 5.75 Å². The fraction of sp³-hybridized carbons (Fsp3) is 0.286. The number of allylic oxidation sites excluding steroid dienone is 3. The van der Waals surface area contributed by atoms with Crippen molar-refractivity contribution in [2.75, 3.05) is 12.8 Å². The van der Waals surface area contributed by atoms with Gasteiger partial charge in [-0.15, -0.1) is 0 Å². The summed E-state index contributed by atoms with van der Waals surface area (Å²) in [6.45, 7) is 1.65. The predicted molar refractivity (Wildman–Crippen MR) is 104 cm³/mol. The first-order chi connectivity index (χ1) is 13.8. The maximum Gasteiger partial charge on any atom is 0.255 e. The molecule has 29 heavy (non-hydrogen) atoms. The van der Waals surface area contributed by atoms with Crippen LogP contribution in [0.4, 0.5) is 14.7 Å². The highest BCUT2D eigenvalue weighted by Gasteiger charge is 2.49. The first-order valence-corrected chi connectivity index (χ1v) is 9.15. The molecule has 2 aromatic rings. The molecule has 1 amide bonds. The zero-order valence-corrected chi connectivity index (χ0v) is 15.9. The van der Waals surface area contributed by atoms with Gasteiger partial charge in [-0.3, -0.25) is 4.79 Å². The number of benzene rings is 1. The molecule has 1 aromatic carbocycles. The number of aromatic nitrogens is 2. The maximum atomic E-state index is 16.5. The van der Waals surface area contributed by atoms with E-state index in [1.165, 1.54) is 19.3 Å². The lowest BCUT2D eigenvalue weighted by molar-refractivity contribution is 0.0804. The summed E-state index contributed by atoms with van der Waals surface area (Å²) in [4.78, 5) is 20.8. The zero-order valence-electron chi connectivity index (χ0n) is 15.9. The Morgan fingerprint density at radius 3 is 2.90 bits per heavy atom. The van der Waals surface area contributed by atoms with Crippen LogP contribution in [0, 0.1) is 6.92 Å². The minimum Gasteiger partial charge on any atom is -0.497 e. The number of hydrogen-bond acceptors (Lipinski definition) is 5. The van der Waals surface area contributed by atoms with Gasteiger partial charge in [-0.25, -0.2) is 18.7 Å². The fourth-order valence-corrected chi connectivity index (χ4v) is 4.01. The molecule has 6 nitrogen and oxygen atoms in total. The highest BCUT2D eigenvalue weighted by Crippen LogP contribution is 2.43. The normalized spacial score (nSPS) is 25.8. The average molecular weight is 398 g/mol. The molecular formula is C21H20F2N4O2. The monoisotopic (exact) mass is 398 g/mol. The van der Waals surface area contributed by atoms with Gasteiger partial charge in [0.2, 0.25) is 5.95 Å². The summed E-state index contributed by atoms with van der Waals surface area (Å²) in [7, 11) is 1.50. The van der Waals surface area contributed by atoms with Crippen LogP contribution >= 0.6 is 0 Å². The number of fused-ring (bicyclic) bond motifs is 1. The summed E-state index contributed by atoms with van der Waals surface area (Å²) in [5, 5.41) is 2.72. The summed E-state index contributed by atoms with van der Waals surface area (Å²) >= 11 is 0. The topological polar surface area (TPSA) is 90.1 Å². The lowest BCUT2D eigenvalue weighted by atomic mass is 9.73. The van der Waals surface area contributed by atoms with Crippen molar-refractivity contribution in [2.45, 2.75) is 31.0 Å². The van der Waals surface area contributed by atoms with Gasteiger partial charge in [0.05, 0.1) is 30.1 Å². The molecule has 8 heteroatoms. The number of rotatable bonds is 3. The Morgan fingerprint density at radius 2 is 2.14 bits per heavy atom. The molecule has 1 aliphatic heterocycles. The molecule has 0 saturated heterocycles. The molecule has 150 valence electrons. The molecule has 3 unspecified atom stereocenters. The number of nitrogens with two attached hydrogens (primary N) is 1. The standard InChI is InChI=1S/C21H20F2N4O2/c1-11-18-16(26-20(24)25-11)10-17(27-19(18)28)21(23)7-6-13(22)9-15(21)12-4-3-5-14(8-12)29-2/h3-9,15,17H,10H2,1-2H3,(H,27,28)(H2,24,25,26). The van der Waals surface area contributed by atoms with Gasteiger partial charge < -0.3 is 15.8 Å². The van der Waals surface area contributed by atoms with Gasteiger partial charge in [0.25, 0.3) is 5.91 Å². The van der Waals surface area contributed by atoms with E-state index in [9.17, 15) is 9.18 Å². The molecule has 0 radical (unpaired) electrons. The lowest BCUT2D eigenvalue weighted by Crippen LogP contribution is -2.56. The van der Waals surface area contributed by atoms with Crippen molar-refractivity contribution < 1.29 is 18.3 Å². The predicted octanol–water partition coefficient (Wildman–Crippen LogP) is 2.95. The van der Waals surface area contributed by atoms with Crippen LogP contribution in [-0.2, 0) is 6.42 Å². The molecule has 3 atom stereocenters. The third kappa shape index (κ3) is 3.24. The molecule has 1 aliphatic carbocycles. The van der Waals surface area contributed by atoms with Gasteiger partial charge in [0, 0.05) is 12.3 Å². The van der Waals surface area contributed by atoms with E-state index in [4.69, 9.17) is 10.5 Å². The number of aryl methyl sites for hydroxylation is 1. The van der Waals surface area contributed by atoms with Gasteiger partial charge in [-0.05, 0) is 42.8 Å². The number of amides is 1. The Hall–Kier alpha value is -3.29. The molecule has 0 bridgehead atoms. The fourth-order valence-electron chi connectivity index (χ4n) is 4.01. The van der Waals surface area contributed by atoms with Crippen LogP contribution in [0.15, 0.2) is 48.3 Å². The summed E-state index contributed by atoms with van der Waals surface area (Å²) in [6.07, 6.45) is 3.57. The van der Waals surface area contributed by atoms with Crippen LogP contribution < -0.4 is 15.8 Å². The SMILES string of the molecule is COc1cccc(C2C=C(F)C=CC2(F)C2Cc3nc(N)nc(C)c3C(=O)N2)c1. The molecule has 0 spiro atoms. The second kappa shape index (κ2) is 6.95. The van der Waals surface area contributed by atoms with Gasteiger partial charge >= 0.3 is 0 Å². The van der Waals surface area contributed by atoms with Crippen molar-refractivity contribution in [1.82, 2.24) is 15.3 Å². The molecule has 0 saturated carbocycles. The average Bonchev–Trinajstić information content (AvgIpc) is 2.69. The van der Waals surface area contributed by atoms with E-state index in [2.05, 4.69) is 15.3 Å². The highest BCUT2D eigenvalue weighted by molar-refractivity contribution is 5.97. The molecule has 2 heterocycles. The molecule has 4 rings (SSSR count). The Bertz CT molecular complexity index is 1050. The first-order valence-electron chi connectivity index (χ1n) is 9.15. The lowest BCUT2D eigenvalue weighted by Gasteiger charge is -2.40. The number of alkyl halides is 1. The van der Waals surface area contributed by atoms with Crippen LogP contribution in [-0.4, -0.2) is 34.7 Å². The number of nitrogens with zero attached hydrogens (tertiary/aromatic N) is 2. The molecular weight excluding hydrogens is 378 g/mol. The number of nitrogen functional groups attached to an aromatic ring is 1. The number of anilines is 1. The molecule has 1 aromatic heterocycles. The van der Waals surface area contributed by atoms with E-state index in [1.807, 2.05) is 0 Å². The number of carbonyl (C=O) groups is 1. The van der Waals surface area contributed by atoms with Crippen molar-refractivity contribution in [3.8, 4) is 5.75 Å². The van der Waals surface area contributed by atoms with Crippen molar-refractivity contribution in [1.29, 1.82) is 0 Å². The van der Waals surface area contributed by atoms with E-state index < -0.39 is 29.4 Å². The Labute approximate surface area is 166 Å². The Balaban J connectivity index is 1.77. The smallest absolute Gasteiger partial charge is 0.255 e. The van der Waals surface area contributed by atoms with Gasteiger partial charge in [-0.1, -0.05) is 12.1 Å². The number of methoxy groups -OCH3 is 1. The molecule has 3 N–H and O–H groups in total.